The zero-order valence-electron chi connectivity index (χ0n) is 8.96. The van der Waals surface area contributed by atoms with Crippen molar-refractivity contribution in [3.05, 3.63) is 29.3 Å². The van der Waals surface area contributed by atoms with E-state index >= 15 is 0 Å². The molecule has 0 aliphatic heterocycles. The first kappa shape index (κ1) is 10.6. The summed E-state index contributed by atoms with van der Waals surface area (Å²) < 4.78 is 0. The molecule has 2 nitrogen and oxygen atoms in total. The second-order valence-electron chi connectivity index (χ2n) is 3.48. The minimum Gasteiger partial charge on any atom is -0.370 e. The summed E-state index contributed by atoms with van der Waals surface area (Å²) in [4.78, 5) is 0. The minimum atomic E-state index is -0.0875. The molecular formula is C12H16N2. The Morgan fingerprint density at radius 3 is 2.71 bits per heavy atom. The summed E-state index contributed by atoms with van der Waals surface area (Å²) in [5.74, 6) is 0. The van der Waals surface area contributed by atoms with Gasteiger partial charge < -0.3 is 5.32 Å². The molecule has 0 spiro atoms. The van der Waals surface area contributed by atoms with Crippen molar-refractivity contribution in [3.8, 4) is 6.07 Å². The second kappa shape index (κ2) is 4.66. The van der Waals surface area contributed by atoms with Crippen LogP contribution in [0.5, 0.6) is 0 Å². The molecule has 0 saturated carbocycles. The van der Waals surface area contributed by atoms with Gasteiger partial charge in [0.1, 0.15) is 6.04 Å². The van der Waals surface area contributed by atoms with Crippen molar-refractivity contribution in [1.29, 1.82) is 5.26 Å². The Labute approximate surface area is 85.6 Å². The molecule has 0 fully saturated rings. The highest BCUT2D eigenvalue weighted by Gasteiger charge is 2.06. The van der Waals surface area contributed by atoms with Crippen LogP contribution in [-0.2, 0) is 0 Å². The van der Waals surface area contributed by atoms with Gasteiger partial charge >= 0.3 is 0 Å². The van der Waals surface area contributed by atoms with Crippen LogP contribution in [0.15, 0.2) is 18.2 Å². The number of nitrogens with one attached hydrogen (secondary N) is 1. The van der Waals surface area contributed by atoms with E-state index in [1.54, 1.807) is 0 Å². The Hall–Kier alpha value is -1.49. The lowest BCUT2D eigenvalue weighted by Gasteiger charge is -2.14. The average Bonchev–Trinajstić information content (AvgIpc) is 2.20. The van der Waals surface area contributed by atoms with Gasteiger partial charge in [-0.3, -0.25) is 0 Å². The summed E-state index contributed by atoms with van der Waals surface area (Å²) in [6.07, 6.45) is 0.823. The number of nitrogens with zero attached hydrogens (tertiary/aromatic N) is 1. The van der Waals surface area contributed by atoms with E-state index in [1.165, 1.54) is 11.1 Å². The van der Waals surface area contributed by atoms with Crippen molar-refractivity contribution in [1.82, 2.24) is 0 Å². The van der Waals surface area contributed by atoms with Crippen LogP contribution < -0.4 is 5.32 Å². The molecule has 0 aliphatic carbocycles. The quantitative estimate of drug-likeness (QED) is 0.791. The van der Waals surface area contributed by atoms with Crippen molar-refractivity contribution in [2.75, 3.05) is 5.32 Å². The predicted molar refractivity (Wildman–Crippen MR) is 59.2 cm³/mol. The van der Waals surface area contributed by atoms with Gasteiger partial charge in [-0.1, -0.05) is 19.1 Å². The Morgan fingerprint density at radius 2 is 2.14 bits per heavy atom. The van der Waals surface area contributed by atoms with E-state index in [4.69, 9.17) is 5.26 Å². The molecule has 1 rings (SSSR count). The van der Waals surface area contributed by atoms with Crippen LogP contribution in [0, 0.1) is 25.2 Å². The summed E-state index contributed by atoms with van der Waals surface area (Å²) in [5, 5.41) is 12.1. The van der Waals surface area contributed by atoms with E-state index in [1.807, 2.05) is 19.1 Å². The molecule has 0 radical (unpaired) electrons. The maximum atomic E-state index is 8.84. The lowest BCUT2D eigenvalue weighted by atomic mass is 10.1. The third kappa shape index (κ3) is 2.26. The van der Waals surface area contributed by atoms with Gasteiger partial charge in [-0.2, -0.15) is 5.26 Å². The molecule has 1 atom stereocenters. The van der Waals surface area contributed by atoms with E-state index in [2.05, 4.69) is 31.3 Å². The van der Waals surface area contributed by atoms with Crippen molar-refractivity contribution in [3.63, 3.8) is 0 Å². The zero-order chi connectivity index (χ0) is 10.6. The number of hydrogen-bond donors (Lipinski definition) is 1. The maximum absolute atomic E-state index is 8.84. The fourth-order valence-corrected chi connectivity index (χ4v) is 1.32. The van der Waals surface area contributed by atoms with Crippen molar-refractivity contribution in [2.24, 2.45) is 0 Å². The molecule has 2 heteroatoms. The predicted octanol–water partition coefficient (Wildman–Crippen LogP) is 3.02. The summed E-state index contributed by atoms with van der Waals surface area (Å²) in [5.41, 5.74) is 3.54. The molecule has 74 valence electrons. The molecule has 14 heavy (non-hydrogen) atoms. The van der Waals surface area contributed by atoms with E-state index in [-0.39, 0.29) is 6.04 Å². The normalized spacial score (nSPS) is 11.9. The van der Waals surface area contributed by atoms with Crippen LogP contribution in [0.1, 0.15) is 24.5 Å². The lowest BCUT2D eigenvalue weighted by Crippen LogP contribution is -2.16. The maximum Gasteiger partial charge on any atom is 0.114 e. The van der Waals surface area contributed by atoms with Gasteiger partial charge in [-0.05, 0) is 37.5 Å². The Balaban J connectivity index is 2.87. The van der Waals surface area contributed by atoms with Gasteiger partial charge in [0, 0.05) is 5.69 Å². The van der Waals surface area contributed by atoms with Crippen LogP contribution in [0.25, 0.3) is 0 Å². The fourth-order valence-electron chi connectivity index (χ4n) is 1.32. The van der Waals surface area contributed by atoms with E-state index in [9.17, 15) is 0 Å². The Bertz CT molecular complexity index is 350. The van der Waals surface area contributed by atoms with Gasteiger partial charge in [0.05, 0.1) is 6.07 Å². The van der Waals surface area contributed by atoms with Crippen LogP contribution >= 0.6 is 0 Å². The highest BCUT2D eigenvalue weighted by atomic mass is 14.9. The lowest BCUT2D eigenvalue weighted by molar-refractivity contribution is 0.843. The molecule has 0 saturated heterocycles. The first-order valence-corrected chi connectivity index (χ1v) is 4.91. The monoisotopic (exact) mass is 188 g/mol. The number of anilines is 1. The largest absolute Gasteiger partial charge is 0.370 e. The number of aryl methyl sites for hydroxylation is 1. The highest BCUT2D eigenvalue weighted by Crippen LogP contribution is 2.19. The van der Waals surface area contributed by atoms with E-state index < -0.39 is 0 Å². The third-order valence-electron chi connectivity index (χ3n) is 2.50. The molecular weight excluding hydrogens is 172 g/mol. The van der Waals surface area contributed by atoms with E-state index in [0.717, 1.165) is 12.1 Å². The number of rotatable bonds is 3. The number of benzene rings is 1. The Kier molecular flexibility index (Phi) is 3.53. The molecule has 1 aromatic carbocycles. The van der Waals surface area contributed by atoms with Gasteiger partial charge in [0.25, 0.3) is 0 Å². The fraction of sp³-hybridized carbons (Fsp3) is 0.417. The Morgan fingerprint density at radius 1 is 1.43 bits per heavy atom. The molecule has 0 aliphatic rings. The topological polar surface area (TPSA) is 35.8 Å². The van der Waals surface area contributed by atoms with E-state index in [0.29, 0.717) is 0 Å². The molecule has 0 heterocycles. The molecule has 0 aromatic heterocycles. The van der Waals surface area contributed by atoms with Gasteiger partial charge in [-0.15, -0.1) is 0 Å². The minimum absolute atomic E-state index is 0.0875. The van der Waals surface area contributed by atoms with Gasteiger partial charge in [0.2, 0.25) is 0 Å². The van der Waals surface area contributed by atoms with Crippen molar-refractivity contribution < 1.29 is 0 Å². The molecule has 1 aromatic rings. The van der Waals surface area contributed by atoms with Crippen molar-refractivity contribution in [2.45, 2.75) is 33.2 Å². The van der Waals surface area contributed by atoms with Gasteiger partial charge in [-0.25, -0.2) is 0 Å². The number of nitriles is 1. The summed E-state index contributed by atoms with van der Waals surface area (Å²) >= 11 is 0. The smallest absolute Gasteiger partial charge is 0.114 e. The van der Waals surface area contributed by atoms with Crippen LogP contribution in [0.2, 0.25) is 0 Å². The SMILES string of the molecule is CCC(C#N)Nc1cccc(C)c1C. The number of hydrogen-bond acceptors (Lipinski definition) is 2. The van der Waals surface area contributed by atoms with Gasteiger partial charge in [0.15, 0.2) is 0 Å². The molecule has 0 bridgehead atoms. The van der Waals surface area contributed by atoms with Crippen LogP contribution in [0.4, 0.5) is 5.69 Å². The second-order valence-corrected chi connectivity index (χ2v) is 3.48. The first-order valence-electron chi connectivity index (χ1n) is 4.91. The highest BCUT2D eigenvalue weighted by molar-refractivity contribution is 5.54. The molecule has 1 unspecified atom stereocenters. The van der Waals surface area contributed by atoms with Crippen LogP contribution in [0.3, 0.4) is 0 Å². The van der Waals surface area contributed by atoms with Crippen LogP contribution in [-0.4, -0.2) is 6.04 Å². The standard InChI is InChI=1S/C12H16N2/c1-4-11(8-13)14-12-7-5-6-9(2)10(12)3/h5-7,11,14H,4H2,1-3H3. The summed E-state index contributed by atoms with van der Waals surface area (Å²) in [6, 6.07) is 8.25. The average molecular weight is 188 g/mol. The first-order chi connectivity index (χ1) is 6.69. The summed E-state index contributed by atoms with van der Waals surface area (Å²) in [7, 11) is 0. The molecule has 1 N–H and O–H groups in total. The molecule has 0 amide bonds. The third-order valence-corrected chi connectivity index (χ3v) is 2.50. The zero-order valence-corrected chi connectivity index (χ0v) is 8.96. The summed E-state index contributed by atoms with van der Waals surface area (Å²) in [6.45, 7) is 6.15. The van der Waals surface area contributed by atoms with Crippen molar-refractivity contribution >= 4 is 5.69 Å².